The first kappa shape index (κ1) is 20.7. The van der Waals surface area contributed by atoms with E-state index >= 15 is 0 Å². The van der Waals surface area contributed by atoms with Crippen molar-refractivity contribution in [1.82, 2.24) is 30.7 Å². The van der Waals surface area contributed by atoms with Gasteiger partial charge in [0.15, 0.2) is 11.8 Å². The fourth-order valence-corrected chi connectivity index (χ4v) is 4.41. The first-order valence-corrected chi connectivity index (χ1v) is 11.1. The summed E-state index contributed by atoms with van der Waals surface area (Å²) < 4.78 is 5.20. The number of nitrogens with one attached hydrogen (secondary N) is 3. The Morgan fingerprint density at radius 3 is 2.77 bits per heavy atom. The first-order valence-electron chi connectivity index (χ1n) is 11.1. The van der Waals surface area contributed by atoms with E-state index < -0.39 is 0 Å². The minimum atomic E-state index is 0.452. The van der Waals surface area contributed by atoms with Gasteiger partial charge in [-0.05, 0) is 50.5 Å². The number of hydrogen-bond donors (Lipinski definition) is 3. The van der Waals surface area contributed by atoms with Crippen LogP contribution in [0, 0.1) is 0 Å². The molecule has 1 saturated heterocycles. The maximum atomic E-state index is 5.20. The van der Waals surface area contributed by atoms with Crippen molar-refractivity contribution >= 4 is 5.96 Å². The molecule has 4 rings (SSSR count). The minimum Gasteiger partial charge on any atom is -0.497 e. The molecule has 0 amide bonds. The standard InChI is InChI=1S/C22H33N7O/c1-3-23-22(25-17-12-13-29(15-17)18-6-4-5-7-18)24-14-20-26-21(28-27-20)16-8-10-19(30-2)11-9-16/h8-11,17-18H,3-7,12-15H2,1-2H3,(H2,23,24,25)(H,26,27,28). The lowest BCUT2D eigenvalue weighted by molar-refractivity contribution is 0.242. The number of guanidine groups is 1. The van der Waals surface area contributed by atoms with Gasteiger partial charge in [0.1, 0.15) is 18.1 Å². The van der Waals surface area contributed by atoms with Gasteiger partial charge in [0.2, 0.25) is 0 Å². The molecule has 1 unspecified atom stereocenters. The van der Waals surface area contributed by atoms with E-state index in [1.807, 2.05) is 24.3 Å². The largest absolute Gasteiger partial charge is 0.497 e. The molecule has 3 N–H and O–H groups in total. The van der Waals surface area contributed by atoms with Crippen LogP contribution in [0.5, 0.6) is 5.75 Å². The maximum Gasteiger partial charge on any atom is 0.191 e. The van der Waals surface area contributed by atoms with E-state index in [9.17, 15) is 0 Å². The Labute approximate surface area is 178 Å². The smallest absolute Gasteiger partial charge is 0.191 e. The van der Waals surface area contributed by atoms with E-state index in [-0.39, 0.29) is 0 Å². The minimum absolute atomic E-state index is 0.452. The van der Waals surface area contributed by atoms with Gasteiger partial charge in [0.25, 0.3) is 0 Å². The Bertz CT molecular complexity index is 826. The number of H-pyrrole nitrogens is 1. The SMILES string of the molecule is CCNC(=NCc1nc(-c2ccc(OC)cc2)n[nH]1)NC1CCN(C2CCCC2)C1. The highest BCUT2D eigenvalue weighted by atomic mass is 16.5. The van der Waals surface area contributed by atoms with Gasteiger partial charge in [-0.2, -0.15) is 5.10 Å². The van der Waals surface area contributed by atoms with Gasteiger partial charge in [-0.3, -0.25) is 10.00 Å². The van der Waals surface area contributed by atoms with Gasteiger partial charge >= 0.3 is 0 Å². The van der Waals surface area contributed by atoms with Crippen molar-refractivity contribution in [2.45, 2.75) is 57.7 Å². The van der Waals surface area contributed by atoms with Crippen LogP contribution in [0.25, 0.3) is 11.4 Å². The zero-order valence-corrected chi connectivity index (χ0v) is 18.0. The van der Waals surface area contributed by atoms with Crippen LogP contribution in [-0.2, 0) is 6.54 Å². The average molecular weight is 412 g/mol. The molecule has 1 aromatic carbocycles. The third-order valence-electron chi connectivity index (χ3n) is 6.01. The predicted molar refractivity (Wildman–Crippen MR) is 119 cm³/mol. The van der Waals surface area contributed by atoms with Gasteiger partial charge in [-0.1, -0.05) is 12.8 Å². The summed E-state index contributed by atoms with van der Waals surface area (Å²) >= 11 is 0. The Hall–Kier alpha value is -2.61. The second-order valence-electron chi connectivity index (χ2n) is 8.09. The molecular formula is C22H33N7O. The van der Waals surface area contributed by atoms with Crippen LogP contribution >= 0.6 is 0 Å². The van der Waals surface area contributed by atoms with Crippen molar-refractivity contribution in [1.29, 1.82) is 0 Å². The lowest BCUT2D eigenvalue weighted by Gasteiger charge is -2.24. The van der Waals surface area contributed by atoms with E-state index in [1.54, 1.807) is 7.11 Å². The highest BCUT2D eigenvalue weighted by molar-refractivity contribution is 5.80. The molecule has 1 aromatic heterocycles. The molecule has 162 valence electrons. The zero-order valence-electron chi connectivity index (χ0n) is 18.0. The lowest BCUT2D eigenvalue weighted by atomic mass is 10.2. The molecule has 0 spiro atoms. The molecule has 1 atom stereocenters. The van der Waals surface area contributed by atoms with Crippen molar-refractivity contribution in [2.75, 3.05) is 26.7 Å². The van der Waals surface area contributed by atoms with Crippen LogP contribution in [0.2, 0.25) is 0 Å². The number of likely N-dealkylation sites (tertiary alicyclic amines) is 1. The molecule has 2 heterocycles. The number of hydrogen-bond acceptors (Lipinski definition) is 5. The van der Waals surface area contributed by atoms with Gasteiger partial charge < -0.3 is 15.4 Å². The molecule has 1 aliphatic carbocycles. The monoisotopic (exact) mass is 411 g/mol. The van der Waals surface area contributed by atoms with Crippen LogP contribution in [-0.4, -0.2) is 64.9 Å². The summed E-state index contributed by atoms with van der Waals surface area (Å²) in [6.45, 7) is 5.68. The molecule has 8 nitrogen and oxygen atoms in total. The topological polar surface area (TPSA) is 90.5 Å². The van der Waals surface area contributed by atoms with Crippen molar-refractivity contribution in [3.05, 3.63) is 30.1 Å². The first-order chi connectivity index (χ1) is 14.7. The van der Waals surface area contributed by atoms with E-state index in [2.05, 4.69) is 37.6 Å². The summed E-state index contributed by atoms with van der Waals surface area (Å²) in [5.74, 6) is 3.08. The fourth-order valence-electron chi connectivity index (χ4n) is 4.41. The average Bonchev–Trinajstić information content (AvgIpc) is 3.54. The van der Waals surface area contributed by atoms with Gasteiger partial charge in [-0.15, -0.1) is 0 Å². The summed E-state index contributed by atoms with van der Waals surface area (Å²) in [6, 6.07) is 8.98. The third kappa shape index (κ3) is 5.11. The van der Waals surface area contributed by atoms with E-state index in [1.165, 1.54) is 38.6 Å². The molecule has 0 bridgehead atoms. The van der Waals surface area contributed by atoms with Gasteiger partial charge in [-0.25, -0.2) is 9.98 Å². The Balaban J connectivity index is 1.34. The number of nitrogens with zero attached hydrogens (tertiary/aromatic N) is 4. The number of aromatic amines is 1. The summed E-state index contributed by atoms with van der Waals surface area (Å²) in [4.78, 5) is 12.0. The van der Waals surface area contributed by atoms with Crippen molar-refractivity contribution < 1.29 is 4.74 Å². The quantitative estimate of drug-likeness (QED) is 0.479. The number of methoxy groups -OCH3 is 1. The van der Waals surface area contributed by atoms with Crippen molar-refractivity contribution in [2.24, 2.45) is 4.99 Å². The summed E-state index contributed by atoms with van der Waals surface area (Å²) in [5.41, 5.74) is 0.949. The summed E-state index contributed by atoms with van der Waals surface area (Å²) in [6.07, 6.45) is 6.68. The Morgan fingerprint density at radius 2 is 2.03 bits per heavy atom. The molecule has 1 aliphatic heterocycles. The van der Waals surface area contributed by atoms with Crippen molar-refractivity contribution in [3.8, 4) is 17.1 Å². The van der Waals surface area contributed by atoms with Crippen LogP contribution < -0.4 is 15.4 Å². The molecule has 30 heavy (non-hydrogen) atoms. The lowest BCUT2D eigenvalue weighted by Crippen LogP contribution is -2.45. The molecule has 2 aromatic rings. The van der Waals surface area contributed by atoms with E-state index in [4.69, 9.17) is 9.73 Å². The van der Waals surface area contributed by atoms with Crippen LogP contribution in [0.3, 0.4) is 0 Å². The number of aromatic nitrogens is 3. The molecule has 2 aliphatic rings. The van der Waals surface area contributed by atoms with Crippen molar-refractivity contribution in [3.63, 3.8) is 0 Å². The Morgan fingerprint density at radius 1 is 1.23 bits per heavy atom. The summed E-state index contributed by atoms with van der Waals surface area (Å²) in [7, 11) is 1.66. The van der Waals surface area contributed by atoms with E-state index in [0.29, 0.717) is 18.4 Å². The molecular weight excluding hydrogens is 378 g/mol. The number of ether oxygens (including phenoxy) is 1. The number of aliphatic imine (C=N–C) groups is 1. The number of rotatable bonds is 7. The molecule has 8 heteroatoms. The summed E-state index contributed by atoms with van der Waals surface area (Å²) in [5, 5.41) is 14.3. The highest BCUT2D eigenvalue weighted by Crippen LogP contribution is 2.26. The number of benzene rings is 1. The highest BCUT2D eigenvalue weighted by Gasteiger charge is 2.30. The zero-order chi connectivity index (χ0) is 20.8. The van der Waals surface area contributed by atoms with E-state index in [0.717, 1.165) is 42.2 Å². The molecule has 1 saturated carbocycles. The second kappa shape index (κ2) is 9.93. The Kier molecular flexibility index (Phi) is 6.84. The van der Waals surface area contributed by atoms with Gasteiger partial charge in [0.05, 0.1) is 7.11 Å². The second-order valence-corrected chi connectivity index (χ2v) is 8.09. The molecule has 0 radical (unpaired) electrons. The van der Waals surface area contributed by atoms with Crippen LogP contribution in [0.1, 0.15) is 44.9 Å². The van der Waals surface area contributed by atoms with Crippen LogP contribution in [0.15, 0.2) is 29.3 Å². The normalized spacial score (nSPS) is 20.6. The predicted octanol–water partition coefficient (Wildman–Crippen LogP) is 2.55. The van der Waals surface area contributed by atoms with Crippen LogP contribution in [0.4, 0.5) is 0 Å². The third-order valence-corrected chi connectivity index (χ3v) is 6.01. The maximum absolute atomic E-state index is 5.20. The van der Waals surface area contributed by atoms with Gasteiger partial charge in [0, 0.05) is 37.3 Å². The molecule has 2 fully saturated rings. The fraction of sp³-hybridized carbons (Fsp3) is 0.591.